The van der Waals surface area contributed by atoms with Gasteiger partial charge < -0.3 is 19.5 Å². The molecule has 2 N–H and O–H groups in total. The third kappa shape index (κ3) is 9.48. The lowest BCUT2D eigenvalue weighted by Gasteiger charge is -2.35. The van der Waals surface area contributed by atoms with E-state index in [-0.39, 0.29) is 58.5 Å². The molecule has 0 aromatic heterocycles. The van der Waals surface area contributed by atoms with Crippen LogP contribution in [0.5, 0.6) is 5.75 Å². The van der Waals surface area contributed by atoms with Crippen LogP contribution in [0.2, 0.25) is 5.02 Å². The van der Waals surface area contributed by atoms with Crippen LogP contribution in [0.3, 0.4) is 0 Å². The molecule has 1 aliphatic rings. The Labute approximate surface area is 288 Å². The second kappa shape index (κ2) is 16.5. The fourth-order valence-corrected chi connectivity index (χ4v) is 7.78. The standard InChI is InChI=1S/C34H44ClN3O8S2/c1-24-21-38(25(2)23-39)34(40)31-20-28(36-47(41,42)29-11-6-5-7-12-29)15-18-32(31)46-26(3)10-8-9-19-45-33(24)22-37(4)48(43,44)30-16-13-27(35)14-17-30/h5-7,11-18,20,24-26,33,36,39H,8-10,19,21-23H2,1-4H3/t24-,25-,26-,33+/m0/s1. The molecule has 0 bridgehead atoms. The summed E-state index contributed by atoms with van der Waals surface area (Å²) >= 11 is 5.97. The van der Waals surface area contributed by atoms with Crippen LogP contribution in [0.15, 0.2) is 82.6 Å². The lowest BCUT2D eigenvalue weighted by atomic mass is 10.0. The average molecular weight is 722 g/mol. The predicted molar refractivity (Wildman–Crippen MR) is 185 cm³/mol. The molecule has 48 heavy (non-hydrogen) atoms. The number of hydrogen-bond donors (Lipinski definition) is 2. The van der Waals surface area contributed by atoms with Gasteiger partial charge in [-0.2, -0.15) is 4.31 Å². The zero-order valence-electron chi connectivity index (χ0n) is 27.6. The van der Waals surface area contributed by atoms with Gasteiger partial charge in [-0.25, -0.2) is 16.8 Å². The van der Waals surface area contributed by atoms with E-state index in [1.54, 1.807) is 37.3 Å². The third-order valence-electron chi connectivity index (χ3n) is 8.32. The number of sulfonamides is 2. The van der Waals surface area contributed by atoms with Crippen molar-refractivity contribution in [2.75, 3.05) is 38.1 Å². The van der Waals surface area contributed by atoms with E-state index in [0.717, 1.165) is 6.42 Å². The summed E-state index contributed by atoms with van der Waals surface area (Å²) in [7, 11) is -6.33. The first kappa shape index (κ1) is 37.6. The van der Waals surface area contributed by atoms with E-state index in [4.69, 9.17) is 21.1 Å². The van der Waals surface area contributed by atoms with Gasteiger partial charge in [0.15, 0.2) is 0 Å². The summed E-state index contributed by atoms with van der Waals surface area (Å²) in [4.78, 5) is 16.0. The molecule has 0 spiro atoms. The SMILES string of the molecule is C[C@H]1CCCCO[C@H](CN(C)S(=O)(=O)c2ccc(Cl)cc2)[C@@H](C)CN([C@@H](C)CO)C(=O)c2cc(NS(=O)(=O)c3ccccc3)ccc2O1. The summed E-state index contributed by atoms with van der Waals surface area (Å²) in [6.45, 7) is 5.61. The van der Waals surface area contributed by atoms with Crippen LogP contribution in [0.25, 0.3) is 0 Å². The molecule has 1 heterocycles. The molecule has 3 aromatic carbocycles. The van der Waals surface area contributed by atoms with E-state index in [1.807, 2.05) is 13.8 Å². The van der Waals surface area contributed by atoms with Crippen molar-refractivity contribution >= 4 is 43.2 Å². The largest absolute Gasteiger partial charge is 0.490 e. The van der Waals surface area contributed by atoms with E-state index in [1.165, 1.54) is 58.7 Å². The van der Waals surface area contributed by atoms with Crippen molar-refractivity contribution in [3.63, 3.8) is 0 Å². The lowest BCUT2D eigenvalue weighted by Crippen LogP contribution is -2.48. The number of benzene rings is 3. The maximum Gasteiger partial charge on any atom is 0.261 e. The molecule has 0 saturated heterocycles. The van der Waals surface area contributed by atoms with Crippen LogP contribution in [0, 0.1) is 5.92 Å². The van der Waals surface area contributed by atoms with Gasteiger partial charge in [-0.05, 0) is 87.7 Å². The fraction of sp³-hybridized carbons (Fsp3) is 0.441. The topological polar surface area (TPSA) is 143 Å². The van der Waals surface area contributed by atoms with Gasteiger partial charge in [-0.15, -0.1) is 0 Å². The predicted octanol–water partition coefficient (Wildman–Crippen LogP) is 5.26. The third-order valence-corrected chi connectivity index (χ3v) is 11.8. The molecule has 11 nitrogen and oxygen atoms in total. The van der Waals surface area contributed by atoms with Crippen molar-refractivity contribution in [1.29, 1.82) is 0 Å². The molecular weight excluding hydrogens is 678 g/mol. The number of hydrogen-bond acceptors (Lipinski definition) is 8. The number of amides is 1. The van der Waals surface area contributed by atoms with E-state index >= 15 is 0 Å². The van der Waals surface area contributed by atoms with Crippen LogP contribution in [-0.4, -0.2) is 88.7 Å². The van der Waals surface area contributed by atoms with Crippen molar-refractivity contribution in [1.82, 2.24) is 9.21 Å². The van der Waals surface area contributed by atoms with Crippen LogP contribution in [0.1, 0.15) is 50.4 Å². The molecule has 1 amide bonds. The Bertz CT molecular complexity index is 1740. The Morgan fingerprint density at radius 1 is 1.00 bits per heavy atom. The minimum atomic E-state index is -3.95. The summed E-state index contributed by atoms with van der Waals surface area (Å²) < 4.78 is 69.3. The summed E-state index contributed by atoms with van der Waals surface area (Å²) in [5, 5.41) is 10.6. The molecule has 3 aromatic rings. The maximum absolute atomic E-state index is 14.3. The zero-order chi connectivity index (χ0) is 35.1. The van der Waals surface area contributed by atoms with Crippen LogP contribution in [0.4, 0.5) is 5.69 Å². The van der Waals surface area contributed by atoms with E-state index in [0.29, 0.717) is 24.5 Å². The Morgan fingerprint density at radius 2 is 1.69 bits per heavy atom. The first-order valence-corrected chi connectivity index (χ1v) is 19.2. The van der Waals surface area contributed by atoms with Crippen molar-refractivity contribution < 1.29 is 36.2 Å². The van der Waals surface area contributed by atoms with Crippen LogP contribution < -0.4 is 9.46 Å². The summed E-state index contributed by atoms with van der Waals surface area (Å²) in [5.41, 5.74) is 0.294. The van der Waals surface area contributed by atoms with Crippen LogP contribution >= 0.6 is 11.6 Å². The first-order valence-electron chi connectivity index (χ1n) is 15.9. The summed E-state index contributed by atoms with van der Waals surface area (Å²) in [6, 6.07) is 17.8. The van der Waals surface area contributed by atoms with Gasteiger partial charge in [0.2, 0.25) is 10.0 Å². The van der Waals surface area contributed by atoms with E-state index in [2.05, 4.69) is 4.72 Å². The highest BCUT2D eigenvalue weighted by Gasteiger charge is 2.32. The Morgan fingerprint density at radius 3 is 2.35 bits per heavy atom. The second-order valence-corrected chi connectivity index (χ2v) is 16.3. The number of rotatable bonds is 9. The van der Waals surface area contributed by atoms with Gasteiger partial charge in [-0.3, -0.25) is 9.52 Å². The molecular formula is C34H44ClN3O8S2. The summed E-state index contributed by atoms with van der Waals surface area (Å²) in [5.74, 6) is -0.572. The number of aliphatic hydroxyl groups is 1. The van der Waals surface area contributed by atoms with Crippen LogP contribution in [-0.2, 0) is 24.8 Å². The van der Waals surface area contributed by atoms with Gasteiger partial charge in [0, 0.05) is 43.4 Å². The molecule has 0 unspecified atom stereocenters. The van der Waals surface area contributed by atoms with Crippen molar-refractivity contribution in [3.05, 3.63) is 83.4 Å². The molecule has 262 valence electrons. The number of anilines is 1. The number of ether oxygens (including phenoxy) is 2. The molecule has 14 heteroatoms. The zero-order valence-corrected chi connectivity index (χ0v) is 30.0. The molecule has 0 fully saturated rings. The number of nitrogens with zero attached hydrogens (tertiary/aromatic N) is 2. The second-order valence-electron chi connectivity index (χ2n) is 12.2. The molecule has 0 saturated carbocycles. The van der Waals surface area contributed by atoms with Gasteiger partial charge in [0.05, 0.1) is 40.2 Å². The normalized spacial score (nSPS) is 20.8. The van der Waals surface area contributed by atoms with Gasteiger partial charge >= 0.3 is 0 Å². The van der Waals surface area contributed by atoms with Crippen molar-refractivity contribution in [3.8, 4) is 5.75 Å². The highest BCUT2D eigenvalue weighted by Crippen LogP contribution is 2.30. The quantitative estimate of drug-likeness (QED) is 0.305. The number of halogens is 1. The highest BCUT2D eigenvalue weighted by atomic mass is 35.5. The Kier molecular flexibility index (Phi) is 12.9. The summed E-state index contributed by atoms with van der Waals surface area (Å²) in [6.07, 6.45) is 1.24. The van der Waals surface area contributed by atoms with Gasteiger partial charge in [0.25, 0.3) is 15.9 Å². The van der Waals surface area contributed by atoms with E-state index < -0.39 is 38.1 Å². The number of aliphatic hydroxyl groups excluding tert-OH is 1. The molecule has 4 rings (SSSR count). The number of fused-ring (bicyclic) bond motifs is 1. The smallest absolute Gasteiger partial charge is 0.261 e. The monoisotopic (exact) mass is 721 g/mol. The molecule has 0 aliphatic carbocycles. The molecule has 4 atom stereocenters. The van der Waals surface area contributed by atoms with E-state index in [9.17, 15) is 26.7 Å². The number of carbonyl (C=O) groups is 1. The lowest BCUT2D eigenvalue weighted by molar-refractivity contribution is -0.00833. The highest BCUT2D eigenvalue weighted by molar-refractivity contribution is 7.92. The Balaban J connectivity index is 1.67. The first-order chi connectivity index (χ1) is 22.7. The minimum Gasteiger partial charge on any atom is -0.490 e. The number of likely N-dealkylation sites (N-methyl/N-ethyl adjacent to an activating group) is 1. The van der Waals surface area contributed by atoms with Gasteiger partial charge in [0.1, 0.15) is 5.75 Å². The van der Waals surface area contributed by atoms with Crippen molar-refractivity contribution in [2.45, 2.75) is 68.1 Å². The molecule has 0 radical (unpaired) electrons. The van der Waals surface area contributed by atoms with Crippen molar-refractivity contribution in [2.24, 2.45) is 5.92 Å². The van der Waals surface area contributed by atoms with Gasteiger partial charge in [-0.1, -0.05) is 36.7 Å². The average Bonchev–Trinajstić information content (AvgIpc) is 3.06. The Hall–Kier alpha value is -3.20. The minimum absolute atomic E-state index is 0.0170. The maximum atomic E-state index is 14.3. The number of nitrogens with one attached hydrogen (secondary N) is 1. The fourth-order valence-electron chi connectivity index (χ4n) is 5.40. The number of carbonyl (C=O) groups excluding carboxylic acids is 1. The molecule has 1 aliphatic heterocycles.